The van der Waals surface area contributed by atoms with Crippen molar-refractivity contribution < 1.29 is 9.84 Å². The van der Waals surface area contributed by atoms with Crippen molar-refractivity contribution in [3.63, 3.8) is 0 Å². The lowest BCUT2D eigenvalue weighted by Crippen LogP contribution is -2.41. The Kier molecular flexibility index (Phi) is 6.61. The molecule has 1 atom stereocenters. The molecule has 22 heavy (non-hydrogen) atoms. The van der Waals surface area contributed by atoms with Gasteiger partial charge in [-0.15, -0.1) is 0 Å². The third-order valence-electron chi connectivity index (χ3n) is 3.49. The van der Waals surface area contributed by atoms with Crippen LogP contribution in [0.25, 0.3) is 0 Å². The van der Waals surface area contributed by atoms with Crippen molar-refractivity contribution in [1.82, 2.24) is 4.90 Å². The number of ether oxygens (including phenoxy) is 1. The summed E-state index contributed by atoms with van der Waals surface area (Å²) in [6.07, 6.45) is 2.75. The first-order valence-electron chi connectivity index (χ1n) is 7.37. The average molecular weight is 346 g/mol. The number of nitrogens with zero attached hydrogens (tertiary/aromatic N) is 2. The molecule has 1 aliphatic rings. The highest BCUT2D eigenvalue weighted by Crippen LogP contribution is 2.31. The Morgan fingerprint density at radius 3 is 2.77 bits per heavy atom. The second kappa shape index (κ2) is 8.46. The normalized spacial score (nSPS) is 17.4. The number of nitrogens with two attached hydrogens (primary N) is 1. The van der Waals surface area contributed by atoms with Gasteiger partial charge < -0.3 is 20.5 Å². The molecule has 7 heteroatoms. The van der Waals surface area contributed by atoms with Crippen LogP contribution in [0, 0.1) is 0 Å². The molecule has 0 saturated carbocycles. The van der Waals surface area contributed by atoms with Gasteiger partial charge in [0, 0.05) is 13.1 Å². The van der Waals surface area contributed by atoms with E-state index in [4.69, 9.17) is 33.7 Å². The van der Waals surface area contributed by atoms with Crippen LogP contribution < -0.4 is 10.5 Å². The molecule has 0 spiro atoms. The Labute approximate surface area is 140 Å². The molecule has 1 unspecified atom stereocenters. The molecule has 1 aliphatic heterocycles. The van der Waals surface area contributed by atoms with Crippen LogP contribution in [0.15, 0.2) is 23.2 Å². The van der Waals surface area contributed by atoms with Gasteiger partial charge in [-0.1, -0.05) is 29.3 Å². The van der Waals surface area contributed by atoms with E-state index in [1.807, 2.05) is 4.90 Å². The first kappa shape index (κ1) is 17.2. The van der Waals surface area contributed by atoms with Crippen molar-refractivity contribution in [2.45, 2.75) is 25.4 Å². The van der Waals surface area contributed by atoms with Gasteiger partial charge >= 0.3 is 0 Å². The van der Waals surface area contributed by atoms with Gasteiger partial charge in [0.2, 0.25) is 0 Å². The Balaban J connectivity index is 1.80. The second-order valence-electron chi connectivity index (χ2n) is 5.26. The van der Waals surface area contributed by atoms with Crippen LogP contribution >= 0.6 is 23.2 Å². The number of benzene rings is 1. The minimum absolute atomic E-state index is 0.0802. The van der Waals surface area contributed by atoms with Gasteiger partial charge in [-0.3, -0.25) is 4.99 Å². The van der Waals surface area contributed by atoms with E-state index >= 15 is 0 Å². The van der Waals surface area contributed by atoms with E-state index in [-0.39, 0.29) is 13.2 Å². The first-order valence-corrected chi connectivity index (χ1v) is 8.13. The topological polar surface area (TPSA) is 71.1 Å². The Morgan fingerprint density at radius 2 is 2.05 bits per heavy atom. The van der Waals surface area contributed by atoms with E-state index in [0.29, 0.717) is 21.8 Å². The molecule has 1 heterocycles. The molecule has 0 radical (unpaired) electrons. The van der Waals surface area contributed by atoms with E-state index in [1.54, 1.807) is 18.2 Å². The molecule has 1 fully saturated rings. The van der Waals surface area contributed by atoms with Crippen LogP contribution in [0.4, 0.5) is 0 Å². The summed E-state index contributed by atoms with van der Waals surface area (Å²) >= 11 is 11.9. The molecule has 0 aliphatic carbocycles. The molecule has 0 aromatic heterocycles. The van der Waals surface area contributed by atoms with Crippen LogP contribution in [-0.4, -0.2) is 48.3 Å². The summed E-state index contributed by atoms with van der Waals surface area (Å²) in [6.45, 7) is 2.14. The van der Waals surface area contributed by atoms with Crippen molar-refractivity contribution in [2.75, 3.05) is 26.2 Å². The molecule has 2 rings (SSSR count). The smallest absolute Gasteiger partial charge is 0.191 e. The van der Waals surface area contributed by atoms with Gasteiger partial charge in [-0.25, -0.2) is 0 Å². The third-order valence-corrected chi connectivity index (χ3v) is 4.29. The standard InChI is InChI=1S/C15H21Cl2N3O2/c16-12-5-4-6-13(14(12)17)22-10-11(21)9-19-15(18)20-7-2-1-3-8-20/h4-6,11,21H,1-3,7-10H2,(H2,18,19). The molecule has 1 aromatic carbocycles. The van der Waals surface area contributed by atoms with Crippen LogP contribution in [0.3, 0.4) is 0 Å². The summed E-state index contributed by atoms with van der Waals surface area (Å²) in [7, 11) is 0. The fraction of sp³-hybridized carbons (Fsp3) is 0.533. The number of aliphatic imine (C=N–C) groups is 1. The summed E-state index contributed by atoms with van der Waals surface area (Å²) in [6, 6.07) is 5.12. The maximum atomic E-state index is 9.94. The minimum Gasteiger partial charge on any atom is -0.489 e. The van der Waals surface area contributed by atoms with Gasteiger partial charge in [-0.05, 0) is 31.4 Å². The van der Waals surface area contributed by atoms with Gasteiger partial charge in [0.25, 0.3) is 0 Å². The lowest BCUT2D eigenvalue weighted by Gasteiger charge is -2.27. The lowest BCUT2D eigenvalue weighted by atomic mass is 10.1. The zero-order valence-corrected chi connectivity index (χ0v) is 13.9. The Hall–Kier alpha value is -1.17. The number of piperidine rings is 1. The summed E-state index contributed by atoms with van der Waals surface area (Å²) < 4.78 is 5.47. The van der Waals surface area contributed by atoms with Crippen molar-refractivity contribution >= 4 is 29.2 Å². The van der Waals surface area contributed by atoms with E-state index in [2.05, 4.69) is 4.99 Å². The molecule has 0 bridgehead atoms. The van der Waals surface area contributed by atoms with Crippen molar-refractivity contribution in [2.24, 2.45) is 10.7 Å². The predicted molar refractivity (Wildman–Crippen MR) is 89.9 cm³/mol. The Morgan fingerprint density at radius 1 is 1.32 bits per heavy atom. The maximum Gasteiger partial charge on any atom is 0.191 e. The molecular weight excluding hydrogens is 325 g/mol. The van der Waals surface area contributed by atoms with Crippen molar-refractivity contribution in [1.29, 1.82) is 0 Å². The number of hydrogen-bond donors (Lipinski definition) is 2. The van der Waals surface area contributed by atoms with Crippen LogP contribution in [0.1, 0.15) is 19.3 Å². The second-order valence-corrected chi connectivity index (χ2v) is 6.05. The minimum atomic E-state index is -0.751. The van der Waals surface area contributed by atoms with Gasteiger partial charge in [0.1, 0.15) is 23.5 Å². The van der Waals surface area contributed by atoms with Crippen LogP contribution in [0.5, 0.6) is 5.75 Å². The highest BCUT2D eigenvalue weighted by molar-refractivity contribution is 6.42. The molecule has 3 N–H and O–H groups in total. The molecule has 0 amide bonds. The molecular formula is C15H21Cl2N3O2. The molecule has 122 valence electrons. The number of hydrogen-bond acceptors (Lipinski definition) is 3. The van der Waals surface area contributed by atoms with Crippen LogP contribution in [0.2, 0.25) is 10.0 Å². The summed E-state index contributed by atoms with van der Waals surface area (Å²) in [4.78, 5) is 6.28. The highest BCUT2D eigenvalue weighted by atomic mass is 35.5. The fourth-order valence-electron chi connectivity index (χ4n) is 2.26. The molecule has 1 aromatic rings. The lowest BCUT2D eigenvalue weighted by molar-refractivity contribution is 0.114. The monoisotopic (exact) mass is 345 g/mol. The number of guanidine groups is 1. The van der Waals surface area contributed by atoms with E-state index in [1.165, 1.54) is 6.42 Å². The zero-order valence-electron chi connectivity index (χ0n) is 12.3. The number of aliphatic hydroxyl groups excluding tert-OH is 1. The summed E-state index contributed by atoms with van der Waals surface area (Å²) in [5.74, 6) is 0.931. The van der Waals surface area contributed by atoms with Crippen LogP contribution in [-0.2, 0) is 0 Å². The van der Waals surface area contributed by atoms with E-state index < -0.39 is 6.10 Å². The zero-order chi connectivity index (χ0) is 15.9. The molecule has 5 nitrogen and oxygen atoms in total. The molecule has 1 saturated heterocycles. The summed E-state index contributed by atoms with van der Waals surface area (Å²) in [5, 5.41) is 10.7. The number of likely N-dealkylation sites (tertiary alicyclic amines) is 1. The van der Waals surface area contributed by atoms with Gasteiger partial charge in [0.15, 0.2) is 5.96 Å². The summed E-state index contributed by atoms with van der Waals surface area (Å²) in [5.41, 5.74) is 5.93. The maximum absolute atomic E-state index is 9.94. The number of rotatable bonds is 5. The first-order chi connectivity index (χ1) is 10.6. The largest absolute Gasteiger partial charge is 0.489 e. The SMILES string of the molecule is NC(=NCC(O)COc1cccc(Cl)c1Cl)N1CCCCC1. The van der Waals surface area contributed by atoms with Gasteiger partial charge in [0.05, 0.1) is 11.6 Å². The third kappa shape index (κ3) is 4.93. The Bertz CT molecular complexity index is 520. The number of halogens is 2. The predicted octanol–water partition coefficient (Wildman–Crippen LogP) is 2.53. The average Bonchev–Trinajstić information content (AvgIpc) is 2.54. The quantitative estimate of drug-likeness (QED) is 0.635. The highest BCUT2D eigenvalue weighted by Gasteiger charge is 2.13. The number of aliphatic hydroxyl groups is 1. The van der Waals surface area contributed by atoms with E-state index in [0.717, 1.165) is 25.9 Å². The van der Waals surface area contributed by atoms with Crippen molar-refractivity contribution in [3.05, 3.63) is 28.2 Å². The van der Waals surface area contributed by atoms with E-state index in [9.17, 15) is 5.11 Å². The van der Waals surface area contributed by atoms with Gasteiger partial charge in [-0.2, -0.15) is 0 Å². The fourth-order valence-corrected chi connectivity index (χ4v) is 2.60. The van der Waals surface area contributed by atoms with Crippen molar-refractivity contribution in [3.8, 4) is 5.75 Å².